The summed E-state index contributed by atoms with van der Waals surface area (Å²) in [5.74, 6) is 1.42. The fourth-order valence-electron chi connectivity index (χ4n) is 3.90. The Morgan fingerprint density at radius 2 is 2.19 bits per heavy atom. The van der Waals surface area contributed by atoms with E-state index in [1.165, 1.54) is 0 Å². The number of amides is 1. The van der Waals surface area contributed by atoms with Crippen molar-refractivity contribution in [3.63, 3.8) is 0 Å². The van der Waals surface area contributed by atoms with E-state index in [9.17, 15) is 4.79 Å². The first-order valence-corrected chi connectivity index (χ1v) is 9.17. The summed E-state index contributed by atoms with van der Waals surface area (Å²) in [5.41, 5.74) is 1.40. The summed E-state index contributed by atoms with van der Waals surface area (Å²) >= 11 is 0. The van der Waals surface area contributed by atoms with Gasteiger partial charge in [0.15, 0.2) is 0 Å². The van der Waals surface area contributed by atoms with Crippen molar-refractivity contribution in [1.82, 2.24) is 14.9 Å². The van der Waals surface area contributed by atoms with Crippen LogP contribution in [0.1, 0.15) is 28.9 Å². The van der Waals surface area contributed by atoms with Gasteiger partial charge in [0.1, 0.15) is 11.4 Å². The molecule has 4 rings (SSSR count). The molecule has 0 saturated carbocycles. The Balaban J connectivity index is 1.31. The molecular formula is C20H24N4O2. The van der Waals surface area contributed by atoms with Gasteiger partial charge >= 0.3 is 0 Å². The van der Waals surface area contributed by atoms with Gasteiger partial charge in [0.05, 0.1) is 18.7 Å². The Hall–Kier alpha value is -2.47. The minimum Gasteiger partial charge on any atom is -0.371 e. The predicted octanol–water partition coefficient (Wildman–Crippen LogP) is 2.52. The molecule has 2 aliphatic rings. The maximum Gasteiger partial charge on any atom is 0.255 e. The largest absolute Gasteiger partial charge is 0.371 e. The highest BCUT2D eigenvalue weighted by atomic mass is 16.5. The van der Waals surface area contributed by atoms with E-state index in [0.717, 1.165) is 37.5 Å². The molecule has 2 aromatic heterocycles. The molecule has 1 spiro atoms. The van der Waals surface area contributed by atoms with Crippen molar-refractivity contribution in [2.45, 2.75) is 25.4 Å². The van der Waals surface area contributed by atoms with E-state index in [1.54, 1.807) is 12.4 Å². The lowest BCUT2D eigenvalue weighted by atomic mass is 9.78. The van der Waals surface area contributed by atoms with Gasteiger partial charge in [-0.1, -0.05) is 6.07 Å². The molecular weight excluding hydrogens is 328 g/mol. The van der Waals surface area contributed by atoms with Crippen molar-refractivity contribution in [2.24, 2.45) is 5.92 Å². The number of carbonyl (C=O) groups excluding carboxylic acids is 1. The molecule has 0 unspecified atom stereocenters. The molecule has 2 saturated heterocycles. The van der Waals surface area contributed by atoms with Crippen LogP contribution in [0, 0.1) is 12.8 Å². The van der Waals surface area contributed by atoms with Crippen LogP contribution in [-0.4, -0.2) is 52.6 Å². The van der Waals surface area contributed by atoms with Crippen LogP contribution >= 0.6 is 0 Å². The first-order chi connectivity index (χ1) is 12.7. The van der Waals surface area contributed by atoms with Gasteiger partial charge < -0.3 is 15.0 Å². The van der Waals surface area contributed by atoms with E-state index < -0.39 is 0 Å². The normalized spacial score (nSPS) is 20.8. The average Bonchev–Trinajstić information content (AvgIpc) is 3.05. The molecule has 2 aliphatic heterocycles. The van der Waals surface area contributed by atoms with E-state index in [2.05, 4.69) is 15.3 Å². The number of pyridine rings is 2. The predicted molar refractivity (Wildman–Crippen MR) is 99.0 cm³/mol. The number of aryl methyl sites for hydroxylation is 1. The molecule has 1 N–H and O–H groups in total. The molecule has 0 aromatic carbocycles. The van der Waals surface area contributed by atoms with Crippen LogP contribution in [0.15, 0.2) is 42.7 Å². The zero-order valence-corrected chi connectivity index (χ0v) is 15.0. The third kappa shape index (κ3) is 3.29. The van der Waals surface area contributed by atoms with Gasteiger partial charge in [0, 0.05) is 31.2 Å². The third-order valence-corrected chi connectivity index (χ3v) is 5.43. The first-order valence-electron chi connectivity index (χ1n) is 9.17. The summed E-state index contributed by atoms with van der Waals surface area (Å²) in [6.45, 7) is 4.91. The van der Waals surface area contributed by atoms with Crippen molar-refractivity contribution < 1.29 is 9.53 Å². The van der Waals surface area contributed by atoms with Gasteiger partial charge in [0.2, 0.25) is 0 Å². The van der Waals surface area contributed by atoms with Gasteiger partial charge in [-0.3, -0.25) is 9.78 Å². The molecule has 2 aromatic rings. The number of carbonyl (C=O) groups is 1. The summed E-state index contributed by atoms with van der Waals surface area (Å²) in [6, 6.07) is 9.58. The number of hydrogen-bond donors (Lipinski definition) is 1. The number of hydrogen-bond acceptors (Lipinski definition) is 5. The fraction of sp³-hybridized carbons (Fsp3) is 0.450. The number of anilines is 1. The minimum atomic E-state index is -0.167. The Bertz CT molecular complexity index is 757. The summed E-state index contributed by atoms with van der Waals surface area (Å²) in [4.78, 5) is 23.0. The lowest BCUT2D eigenvalue weighted by Crippen LogP contribution is -2.66. The van der Waals surface area contributed by atoms with E-state index in [1.807, 2.05) is 42.2 Å². The second-order valence-corrected chi connectivity index (χ2v) is 7.18. The molecule has 6 heteroatoms. The van der Waals surface area contributed by atoms with Gasteiger partial charge in [0.25, 0.3) is 5.91 Å². The van der Waals surface area contributed by atoms with Gasteiger partial charge in [-0.2, -0.15) is 0 Å². The van der Waals surface area contributed by atoms with Crippen molar-refractivity contribution in [2.75, 3.05) is 31.6 Å². The lowest BCUT2D eigenvalue weighted by Gasteiger charge is -2.50. The summed E-state index contributed by atoms with van der Waals surface area (Å²) in [6.07, 6.45) is 5.52. The molecule has 0 radical (unpaired) electrons. The van der Waals surface area contributed by atoms with Crippen LogP contribution in [-0.2, 0) is 4.74 Å². The smallest absolute Gasteiger partial charge is 0.255 e. The lowest BCUT2D eigenvalue weighted by molar-refractivity contribution is -0.117. The molecule has 6 nitrogen and oxygen atoms in total. The summed E-state index contributed by atoms with van der Waals surface area (Å²) < 4.78 is 6.07. The van der Waals surface area contributed by atoms with E-state index >= 15 is 0 Å². The number of aromatic nitrogens is 2. The monoisotopic (exact) mass is 352 g/mol. The van der Waals surface area contributed by atoms with E-state index in [4.69, 9.17) is 4.74 Å². The quantitative estimate of drug-likeness (QED) is 0.896. The maximum atomic E-state index is 12.6. The molecule has 0 aliphatic carbocycles. The number of nitrogens with one attached hydrogen (secondary N) is 1. The first kappa shape index (κ1) is 17.0. The van der Waals surface area contributed by atoms with Gasteiger partial charge in [-0.05, 0) is 49.9 Å². The SMILES string of the molecule is Cc1ccc(C(=O)N2CC3(C2)OCC[C@@H]3CCNc2ccccn2)cn1. The number of likely N-dealkylation sites (tertiary alicyclic amines) is 1. The number of ether oxygens (including phenoxy) is 1. The zero-order chi connectivity index (χ0) is 18.0. The van der Waals surface area contributed by atoms with Crippen LogP contribution in [0.3, 0.4) is 0 Å². The summed E-state index contributed by atoms with van der Waals surface area (Å²) in [7, 11) is 0. The van der Waals surface area contributed by atoms with Crippen LogP contribution in [0.2, 0.25) is 0 Å². The van der Waals surface area contributed by atoms with Gasteiger partial charge in [-0.25, -0.2) is 4.98 Å². The molecule has 0 bridgehead atoms. The molecule has 2 fully saturated rings. The Kier molecular flexibility index (Phi) is 4.59. The molecule has 136 valence electrons. The van der Waals surface area contributed by atoms with Crippen molar-refractivity contribution in [3.05, 3.63) is 54.0 Å². The fourth-order valence-corrected chi connectivity index (χ4v) is 3.90. The highest BCUT2D eigenvalue weighted by Crippen LogP contribution is 2.42. The van der Waals surface area contributed by atoms with E-state index in [-0.39, 0.29) is 11.5 Å². The van der Waals surface area contributed by atoms with Gasteiger partial charge in [-0.15, -0.1) is 0 Å². The Labute approximate surface area is 153 Å². The van der Waals surface area contributed by atoms with Crippen LogP contribution in [0.4, 0.5) is 5.82 Å². The average molecular weight is 352 g/mol. The zero-order valence-electron chi connectivity index (χ0n) is 15.0. The highest BCUT2D eigenvalue weighted by Gasteiger charge is 2.54. The third-order valence-electron chi connectivity index (χ3n) is 5.43. The highest BCUT2D eigenvalue weighted by molar-refractivity contribution is 5.94. The number of rotatable bonds is 5. The standard InChI is InChI=1S/C20H24N4O2/c1-15-5-6-16(12-23-15)19(25)24-13-20(14-24)17(8-11-26-20)7-10-22-18-4-2-3-9-21-18/h2-6,9,12,17H,7-8,10-11,13-14H2,1H3,(H,21,22)/t17-/m0/s1. The van der Waals surface area contributed by atoms with Crippen molar-refractivity contribution >= 4 is 11.7 Å². The Morgan fingerprint density at radius 1 is 1.31 bits per heavy atom. The Morgan fingerprint density at radius 3 is 2.92 bits per heavy atom. The second-order valence-electron chi connectivity index (χ2n) is 7.18. The van der Waals surface area contributed by atoms with E-state index in [0.29, 0.717) is 24.6 Å². The molecule has 1 atom stereocenters. The topological polar surface area (TPSA) is 67.3 Å². The molecule has 26 heavy (non-hydrogen) atoms. The number of nitrogens with zero attached hydrogens (tertiary/aromatic N) is 3. The van der Waals surface area contributed by atoms with Crippen molar-refractivity contribution in [1.29, 1.82) is 0 Å². The maximum absolute atomic E-state index is 12.6. The van der Waals surface area contributed by atoms with Crippen LogP contribution in [0.25, 0.3) is 0 Å². The molecule has 4 heterocycles. The molecule has 1 amide bonds. The van der Waals surface area contributed by atoms with Crippen LogP contribution in [0.5, 0.6) is 0 Å². The van der Waals surface area contributed by atoms with Crippen molar-refractivity contribution in [3.8, 4) is 0 Å². The van der Waals surface area contributed by atoms with Crippen LogP contribution < -0.4 is 5.32 Å². The second kappa shape index (κ2) is 7.03. The minimum absolute atomic E-state index is 0.0454. The summed E-state index contributed by atoms with van der Waals surface area (Å²) in [5, 5.41) is 3.37.